The number of thiazole rings is 1. The van der Waals surface area contributed by atoms with Crippen LogP contribution < -0.4 is 4.90 Å². The van der Waals surface area contributed by atoms with Crippen molar-refractivity contribution in [2.45, 2.75) is 20.3 Å². The number of carbonyl (C=O) groups is 1. The molecule has 2 heterocycles. The van der Waals surface area contributed by atoms with Crippen LogP contribution >= 0.6 is 35.1 Å². The van der Waals surface area contributed by atoms with Gasteiger partial charge in [-0.05, 0) is 70.2 Å². The van der Waals surface area contributed by atoms with Gasteiger partial charge in [-0.25, -0.2) is 4.98 Å². The highest BCUT2D eigenvalue weighted by molar-refractivity contribution is 7.22. The lowest BCUT2D eigenvalue weighted by atomic mass is 10.1. The van der Waals surface area contributed by atoms with Crippen LogP contribution in [0.1, 0.15) is 22.4 Å². The standard InChI is InChI=1S/C21H24N4O3S2.ClH/c1-14-6-9-17-20(15(14)2)22-21(30-17)24(13-5-12-23(3)4)18(26)10-7-16-8-11-19(29-16)25(27)28;/h6-11H,5,12-13H2,1-4H3;1H. The van der Waals surface area contributed by atoms with Crippen LogP contribution in [-0.4, -0.2) is 47.9 Å². The predicted molar refractivity (Wildman–Crippen MR) is 132 cm³/mol. The minimum absolute atomic E-state index is 0. The molecule has 0 aliphatic rings. The highest BCUT2D eigenvalue weighted by Crippen LogP contribution is 2.32. The molecule has 0 bridgehead atoms. The maximum absolute atomic E-state index is 13.0. The first-order valence-corrected chi connectivity index (χ1v) is 11.1. The van der Waals surface area contributed by atoms with Crippen LogP contribution in [0.2, 0.25) is 0 Å². The average molecular weight is 481 g/mol. The molecule has 31 heavy (non-hydrogen) atoms. The van der Waals surface area contributed by atoms with Crippen molar-refractivity contribution in [2.24, 2.45) is 0 Å². The van der Waals surface area contributed by atoms with E-state index in [0.717, 1.165) is 40.1 Å². The molecule has 7 nitrogen and oxygen atoms in total. The van der Waals surface area contributed by atoms with E-state index in [1.54, 1.807) is 17.0 Å². The Labute approximate surface area is 195 Å². The number of fused-ring (bicyclic) bond motifs is 1. The van der Waals surface area contributed by atoms with Crippen LogP contribution in [0, 0.1) is 24.0 Å². The van der Waals surface area contributed by atoms with E-state index in [9.17, 15) is 14.9 Å². The van der Waals surface area contributed by atoms with Gasteiger partial charge in [0.1, 0.15) is 0 Å². The second-order valence-electron chi connectivity index (χ2n) is 7.26. The number of nitro groups is 1. The van der Waals surface area contributed by atoms with E-state index in [2.05, 4.69) is 17.9 Å². The fourth-order valence-corrected chi connectivity index (χ4v) is 4.73. The number of hydrogen-bond acceptors (Lipinski definition) is 7. The molecule has 166 valence electrons. The molecule has 3 rings (SSSR count). The molecule has 0 saturated heterocycles. The monoisotopic (exact) mass is 480 g/mol. The van der Waals surface area contributed by atoms with Gasteiger partial charge in [-0.1, -0.05) is 28.7 Å². The molecule has 0 saturated carbocycles. The van der Waals surface area contributed by atoms with Gasteiger partial charge >= 0.3 is 5.00 Å². The maximum atomic E-state index is 13.0. The first-order chi connectivity index (χ1) is 14.3. The molecule has 0 atom stereocenters. The zero-order valence-electron chi connectivity index (χ0n) is 17.8. The number of aromatic nitrogens is 1. The van der Waals surface area contributed by atoms with Crippen LogP contribution in [-0.2, 0) is 4.79 Å². The number of carbonyl (C=O) groups excluding carboxylic acids is 1. The maximum Gasteiger partial charge on any atom is 0.324 e. The van der Waals surface area contributed by atoms with Crippen molar-refractivity contribution in [3.63, 3.8) is 0 Å². The van der Waals surface area contributed by atoms with E-state index in [1.807, 2.05) is 27.1 Å². The molecule has 3 aromatic rings. The largest absolute Gasteiger partial charge is 0.324 e. The fraction of sp³-hybridized carbons (Fsp3) is 0.333. The van der Waals surface area contributed by atoms with Gasteiger partial charge in [-0.15, -0.1) is 12.4 Å². The Balaban J connectivity index is 0.00000341. The number of nitrogens with zero attached hydrogens (tertiary/aromatic N) is 4. The van der Waals surface area contributed by atoms with Crippen molar-refractivity contribution in [3.8, 4) is 0 Å². The number of aryl methyl sites for hydroxylation is 2. The molecule has 0 aliphatic carbocycles. The summed E-state index contributed by atoms with van der Waals surface area (Å²) in [7, 11) is 4.00. The van der Waals surface area contributed by atoms with Gasteiger partial charge in [0, 0.05) is 23.6 Å². The minimum Gasteiger partial charge on any atom is -0.309 e. The third kappa shape index (κ3) is 6.10. The lowest BCUT2D eigenvalue weighted by molar-refractivity contribution is -0.380. The summed E-state index contributed by atoms with van der Waals surface area (Å²) in [6, 6.07) is 7.21. The molecule has 1 aromatic carbocycles. The number of anilines is 1. The number of halogens is 1. The van der Waals surface area contributed by atoms with Gasteiger partial charge in [0.15, 0.2) is 5.13 Å². The molecule has 1 amide bonds. The number of rotatable bonds is 8. The molecule has 0 spiro atoms. The van der Waals surface area contributed by atoms with E-state index in [4.69, 9.17) is 4.98 Å². The average Bonchev–Trinajstić information content (AvgIpc) is 3.33. The summed E-state index contributed by atoms with van der Waals surface area (Å²) in [5.74, 6) is -0.182. The lowest BCUT2D eigenvalue weighted by Gasteiger charge is -2.19. The Morgan fingerprint density at radius 3 is 2.55 bits per heavy atom. The van der Waals surface area contributed by atoms with Gasteiger partial charge in [0.2, 0.25) is 0 Å². The van der Waals surface area contributed by atoms with Crippen molar-refractivity contribution >= 4 is 67.4 Å². The fourth-order valence-electron chi connectivity index (χ4n) is 2.95. The zero-order chi connectivity index (χ0) is 21.8. The second kappa shape index (κ2) is 10.8. The van der Waals surface area contributed by atoms with E-state index in [0.29, 0.717) is 16.6 Å². The summed E-state index contributed by atoms with van der Waals surface area (Å²) < 4.78 is 1.05. The zero-order valence-corrected chi connectivity index (χ0v) is 20.3. The highest BCUT2D eigenvalue weighted by atomic mass is 35.5. The molecule has 0 radical (unpaired) electrons. The smallest absolute Gasteiger partial charge is 0.309 e. The number of thiophene rings is 1. The van der Waals surface area contributed by atoms with Gasteiger partial charge in [-0.2, -0.15) is 0 Å². The first-order valence-electron chi connectivity index (χ1n) is 9.51. The van der Waals surface area contributed by atoms with Crippen molar-refractivity contribution < 1.29 is 9.72 Å². The SMILES string of the molecule is Cc1ccc2sc(N(CCCN(C)C)C(=O)C=Cc3ccc([N+](=O)[O-])s3)nc2c1C.Cl. The third-order valence-corrected chi connectivity index (χ3v) is 6.79. The Bertz CT molecular complexity index is 1110. The van der Waals surface area contributed by atoms with E-state index in [-0.39, 0.29) is 23.3 Å². The number of hydrogen-bond donors (Lipinski definition) is 0. The third-order valence-electron chi connectivity index (χ3n) is 4.74. The Morgan fingerprint density at radius 1 is 1.16 bits per heavy atom. The van der Waals surface area contributed by atoms with Crippen molar-refractivity contribution in [1.29, 1.82) is 0 Å². The Morgan fingerprint density at radius 2 is 1.90 bits per heavy atom. The van der Waals surface area contributed by atoms with Gasteiger partial charge in [0.05, 0.1) is 15.1 Å². The van der Waals surface area contributed by atoms with Crippen molar-refractivity contribution in [1.82, 2.24) is 9.88 Å². The summed E-state index contributed by atoms with van der Waals surface area (Å²) in [6.45, 7) is 5.50. The number of benzene rings is 1. The van der Waals surface area contributed by atoms with Crippen LogP contribution in [0.25, 0.3) is 16.3 Å². The summed E-state index contributed by atoms with van der Waals surface area (Å²) in [6.07, 6.45) is 3.90. The van der Waals surface area contributed by atoms with E-state index < -0.39 is 4.92 Å². The minimum atomic E-state index is -0.428. The molecule has 10 heteroatoms. The summed E-state index contributed by atoms with van der Waals surface area (Å²) in [4.78, 5) is 32.7. The topological polar surface area (TPSA) is 79.6 Å². The first kappa shape index (κ1) is 24.9. The molecule has 0 aliphatic heterocycles. The van der Waals surface area contributed by atoms with Crippen LogP contribution in [0.3, 0.4) is 0 Å². The van der Waals surface area contributed by atoms with Crippen molar-refractivity contribution in [3.05, 3.63) is 56.5 Å². The lowest BCUT2D eigenvalue weighted by Crippen LogP contribution is -2.32. The molecular formula is C21H25ClN4O3S2. The van der Waals surface area contributed by atoms with Gasteiger partial charge < -0.3 is 4.90 Å². The normalized spacial score (nSPS) is 11.3. The van der Waals surface area contributed by atoms with Crippen molar-refractivity contribution in [2.75, 3.05) is 32.1 Å². The molecule has 0 fully saturated rings. The summed E-state index contributed by atoms with van der Waals surface area (Å²) >= 11 is 2.55. The quantitative estimate of drug-likeness (QED) is 0.248. The Hall–Kier alpha value is -2.33. The van der Waals surface area contributed by atoms with Gasteiger partial charge in [0.25, 0.3) is 5.91 Å². The predicted octanol–water partition coefficient (Wildman–Crippen LogP) is 5.30. The van der Waals surface area contributed by atoms with Gasteiger partial charge in [-0.3, -0.25) is 19.8 Å². The van der Waals surface area contributed by atoms with Crippen LogP contribution in [0.5, 0.6) is 0 Å². The van der Waals surface area contributed by atoms with Crippen LogP contribution in [0.15, 0.2) is 30.3 Å². The molecular weight excluding hydrogens is 456 g/mol. The molecule has 2 aromatic heterocycles. The molecule has 0 N–H and O–H groups in total. The van der Waals surface area contributed by atoms with Crippen LogP contribution in [0.4, 0.5) is 10.1 Å². The second-order valence-corrected chi connectivity index (χ2v) is 9.37. The summed E-state index contributed by atoms with van der Waals surface area (Å²) in [5, 5.41) is 11.6. The Kier molecular flexibility index (Phi) is 8.69. The molecule has 0 unspecified atom stereocenters. The highest BCUT2D eigenvalue weighted by Gasteiger charge is 2.19. The number of amides is 1. The van der Waals surface area contributed by atoms with E-state index in [1.165, 1.54) is 29.0 Å². The van der Waals surface area contributed by atoms with E-state index >= 15 is 0 Å². The summed E-state index contributed by atoms with van der Waals surface area (Å²) in [5.41, 5.74) is 3.22.